The quantitative estimate of drug-likeness (QED) is 0.824. The Bertz CT molecular complexity index is 814. The molecule has 1 fully saturated rings. The van der Waals surface area contributed by atoms with Gasteiger partial charge < -0.3 is 15.4 Å². The maximum Gasteiger partial charge on any atom is 0.341 e. The van der Waals surface area contributed by atoms with Gasteiger partial charge in [0.15, 0.2) is 11.0 Å². The van der Waals surface area contributed by atoms with Crippen molar-refractivity contribution in [1.82, 2.24) is 9.55 Å². The first-order valence-electron chi connectivity index (χ1n) is 5.84. The van der Waals surface area contributed by atoms with Crippen LogP contribution in [-0.2, 0) is 0 Å². The van der Waals surface area contributed by atoms with Crippen molar-refractivity contribution < 1.29 is 14.3 Å². The molecule has 3 rings (SSSR count). The van der Waals surface area contributed by atoms with Gasteiger partial charge in [-0.25, -0.2) is 14.2 Å². The minimum Gasteiger partial charge on any atom is -0.477 e. The van der Waals surface area contributed by atoms with Crippen molar-refractivity contribution in [3.63, 3.8) is 0 Å². The van der Waals surface area contributed by atoms with Crippen LogP contribution in [0, 0.1) is 5.82 Å². The first-order valence-corrected chi connectivity index (χ1v) is 6.22. The molecule has 2 aromatic heterocycles. The fourth-order valence-corrected chi connectivity index (χ4v) is 2.31. The largest absolute Gasteiger partial charge is 0.477 e. The minimum atomic E-state index is -1.39. The molecule has 0 unspecified atom stereocenters. The molecule has 3 N–H and O–H groups in total. The summed E-state index contributed by atoms with van der Waals surface area (Å²) in [5, 5.41) is 8.40. The Morgan fingerprint density at radius 1 is 1.55 bits per heavy atom. The minimum absolute atomic E-state index is 0.0321. The highest BCUT2D eigenvalue weighted by molar-refractivity contribution is 6.30. The number of aromatic nitrogens is 2. The van der Waals surface area contributed by atoms with Crippen LogP contribution < -0.4 is 11.2 Å². The summed E-state index contributed by atoms with van der Waals surface area (Å²) in [5.74, 6) is -2.40. The second-order valence-electron chi connectivity index (χ2n) is 4.64. The van der Waals surface area contributed by atoms with Crippen molar-refractivity contribution in [1.29, 1.82) is 0 Å². The molecule has 1 aliphatic rings. The number of hydrogen-bond donors (Lipinski definition) is 2. The standard InChI is InChI=1S/C12H9ClFN3O3/c13-10-7(14)8(15)6-9(18)5(12(19)20)3-17(4-1-2-4)11(6)16-10/h3-4H,1-2H2,(H2,15,16)(H,19,20). The number of carboxylic acids is 1. The molecule has 104 valence electrons. The molecule has 0 bridgehead atoms. The Labute approximate surface area is 116 Å². The predicted octanol–water partition coefficient (Wildman–Crippen LogP) is 1.80. The number of anilines is 1. The summed E-state index contributed by atoms with van der Waals surface area (Å²) < 4.78 is 15.2. The Morgan fingerprint density at radius 2 is 2.20 bits per heavy atom. The predicted molar refractivity (Wildman–Crippen MR) is 70.6 cm³/mol. The lowest BCUT2D eigenvalue weighted by atomic mass is 10.1. The molecule has 6 nitrogen and oxygen atoms in total. The zero-order chi connectivity index (χ0) is 14.6. The van der Waals surface area contributed by atoms with Gasteiger partial charge in [-0.1, -0.05) is 11.6 Å². The molecule has 0 spiro atoms. The van der Waals surface area contributed by atoms with E-state index in [-0.39, 0.29) is 17.1 Å². The molecule has 1 saturated carbocycles. The van der Waals surface area contributed by atoms with Crippen LogP contribution in [0.15, 0.2) is 11.0 Å². The second-order valence-corrected chi connectivity index (χ2v) is 5.00. The van der Waals surface area contributed by atoms with Gasteiger partial charge in [0, 0.05) is 12.2 Å². The summed E-state index contributed by atoms with van der Waals surface area (Å²) in [4.78, 5) is 27.1. The Morgan fingerprint density at radius 3 is 2.75 bits per heavy atom. The summed E-state index contributed by atoms with van der Waals surface area (Å²) >= 11 is 5.65. The lowest BCUT2D eigenvalue weighted by molar-refractivity contribution is 0.0695. The molecule has 2 aromatic rings. The molecule has 1 aliphatic carbocycles. The van der Waals surface area contributed by atoms with E-state index in [4.69, 9.17) is 22.4 Å². The number of pyridine rings is 2. The third-order valence-electron chi connectivity index (χ3n) is 3.27. The zero-order valence-electron chi connectivity index (χ0n) is 10.1. The summed E-state index contributed by atoms with van der Waals surface area (Å²) in [6, 6.07) is 0.0321. The van der Waals surface area contributed by atoms with Crippen LogP contribution in [0.2, 0.25) is 5.15 Å². The summed E-state index contributed by atoms with van der Waals surface area (Å²) in [7, 11) is 0. The van der Waals surface area contributed by atoms with Gasteiger partial charge in [0.25, 0.3) is 0 Å². The highest BCUT2D eigenvalue weighted by Gasteiger charge is 2.29. The van der Waals surface area contributed by atoms with E-state index in [1.54, 1.807) is 0 Å². The fraction of sp³-hybridized carbons (Fsp3) is 0.250. The van der Waals surface area contributed by atoms with E-state index < -0.39 is 33.6 Å². The number of aromatic carboxylic acids is 1. The molecule has 0 radical (unpaired) electrons. The molecular formula is C12H9ClFN3O3. The SMILES string of the molecule is Nc1c(F)c(Cl)nc2c1c(=O)c(C(=O)O)cn2C1CC1. The van der Waals surface area contributed by atoms with Crippen molar-refractivity contribution in [2.24, 2.45) is 0 Å². The van der Waals surface area contributed by atoms with Gasteiger partial charge in [-0.15, -0.1) is 0 Å². The normalized spacial score (nSPS) is 14.7. The van der Waals surface area contributed by atoms with Crippen molar-refractivity contribution >= 4 is 34.3 Å². The van der Waals surface area contributed by atoms with E-state index in [9.17, 15) is 14.0 Å². The smallest absolute Gasteiger partial charge is 0.341 e. The third kappa shape index (κ3) is 1.74. The van der Waals surface area contributed by atoms with Gasteiger partial charge in [-0.05, 0) is 12.8 Å². The number of carbonyl (C=O) groups is 1. The average molecular weight is 298 g/mol. The molecule has 0 aromatic carbocycles. The van der Waals surface area contributed by atoms with Gasteiger partial charge in [-0.2, -0.15) is 0 Å². The van der Waals surface area contributed by atoms with Crippen LogP contribution in [0.1, 0.15) is 29.2 Å². The van der Waals surface area contributed by atoms with Gasteiger partial charge >= 0.3 is 5.97 Å². The monoisotopic (exact) mass is 297 g/mol. The molecule has 0 atom stereocenters. The number of hydrogen-bond acceptors (Lipinski definition) is 4. The van der Waals surface area contributed by atoms with Gasteiger partial charge in [0.2, 0.25) is 5.43 Å². The second kappa shape index (κ2) is 4.17. The lowest BCUT2D eigenvalue weighted by Crippen LogP contribution is -2.21. The third-order valence-corrected chi connectivity index (χ3v) is 3.52. The topological polar surface area (TPSA) is 98.2 Å². The highest BCUT2D eigenvalue weighted by atomic mass is 35.5. The van der Waals surface area contributed by atoms with Crippen molar-refractivity contribution in [2.45, 2.75) is 18.9 Å². The molecule has 0 amide bonds. The summed E-state index contributed by atoms with van der Waals surface area (Å²) in [5.41, 5.74) is 3.90. The molecule has 20 heavy (non-hydrogen) atoms. The highest BCUT2D eigenvalue weighted by Crippen LogP contribution is 2.37. The average Bonchev–Trinajstić information content (AvgIpc) is 3.20. The van der Waals surface area contributed by atoms with Crippen LogP contribution in [0.5, 0.6) is 0 Å². The van der Waals surface area contributed by atoms with Crippen LogP contribution in [0.25, 0.3) is 11.0 Å². The first-order chi connectivity index (χ1) is 9.41. The Balaban J connectivity index is 2.52. The van der Waals surface area contributed by atoms with E-state index in [1.807, 2.05) is 0 Å². The van der Waals surface area contributed by atoms with E-state index >= 15 is 0 Å². The molecule has 8 heteroatoms. The van der Waals surface area contributed by atoms with E-state index in [1.165, 1.54) is 10.8 Å². The van der Waals surface area contributed by atoms with Gasteiger partial charge in [-0.3, -0.25) is 4.79 Å². The molecular weight excluding hydrogens is 289 g/mol. The van der Waals surface area contributed by atoms with Crippen LogP contribution >= 0.6 is 11.6 Å². The number of carboxylic acid groups (broad SMARTS) is 1. The number of rotatable bonds is 2. The van der Waals surface area contributed by atoms with E-state index in [2.05, 4.69) is 4.98 Å². The molecule has 2 heterocycles. The number of nitrogens with zero attached hydrogens (tertiary/aromatic N) is 2. The van der Waals surface area contributed by atoms with Crippen molar-refractivity contribution in [3.05, 3.63) is 33.0 Å². The Hall–Kier alpha value is -2.15. The van der Waals surface area contributed by atoms with Crippen LogP contribution in [0.3, 0.4) is 0 Å². The first kappa shape index (κ1) is 12.9. The molecule has 0 saturated heterocycles. The lowest BCUT2D eigenvalue weighted by Gasteiger charge is -2.12. The van der Waals surface area contributed by atoms with Crippen LogP contribution in [0.4, 0.5) is 10.1 Å². The number of nitrogens with two attached hydrogens (primary N) is 1. The maximum absolute atomic E-state index is 13.7. The Kier molecular flexibility index (Phi) is 2.68. The fourth-order valence-electron chi connectivity index (χ4n) is 2.13. The number of nitrogen functional groups attached to an aromatic ring is 1. The van der Waals surface area contributed by atoms with Gasteiger partial charge in [0.1, 0.15) is 11.2 Å². The van der Waals surface area contributed by atoms with E-state index in [0.29, 0.717) is 0 Å². The van der Waals surface area contributed by atoms with Crippen LogP contribution in [-0.4, -0.2) is 20.6 Å². The zero-order valence-corrected chi connectivity index (χ0v) is 10.8. The van der Waals surface area contributed by atoms with Gasteiger partial charge in [0.05, 0.1) is 11.1 Å². The van der Waals surface area contributed by atoms with E-state index in [0.717, 1.165) is 12.8 Å². The maximum atomic E-state index is 13.7. The van der Waals surface area contributed by atoms with Crippen molar-refractivity contribution in [2.75, 3.05) is 5.73 Å². The number of fused-ring (bicyclic) bond motifs is 1. The molecule has 0 aliphatic heterocycles. The summed E-state index contributed by atoms with van der Waals surface area (Å²) in [6.45, 7) is 0. The van der Waals surface area contributed by atoms with Crippen molar-refractivity contribution in [3.8, 4) is 0 Å². The number of halogens is 2. The summed E-state index contributed by atoms with van der Waals surface area (Å²) in [6.07, 6.45) is 2.87.